The quantitative estimate of drug-likeness (QED) is 0.537. The number of amides is 1. The minimum atomic E-state index is -0.547. The summed E-state index contributed by atoms with van der Waals surface area (Å²) in [5, 5.41) is 0. The minimum Gasteiger partial charge on any atom is -0.497 e. The lowest BCUT2D eigenvalue weighted by Gasteiger charge is -2.18. The third-order valence-corrected chi connectivity index (χ3v) is 4.81. The fraction of sp³-hybridized carbons (Fsp3) is 0.143. The highest BCUT2D eigenvalue weighted by molar-refractivity contribution is 9.10. The van der Waals surface area contributed by atoms with Crippen molar-refractivity contribution in [2.24, 2.45) is 0 Å². The van der Waals surface area contributed by atoms with Gasteiger partial charge in [0.05, 0.1) is 25.4 Å². The number of methoxy groups -OCH3 is 2. The SMILES string of the molecule is COC(=O)C1=C(C)N(c2ccc(Br)cc2)C(=O)/C1=C\c1cccc(OC)c1. The van der Waals surface area contributed by atoms with E-state index >= 15 is 0 Å². The maximum atomic E-state index is 13.2. The van der Waals surface area contributed by atoms with Crippen LogP contribution in [0.2, 0.25) is 0 Å². The molecule has 1 amide bonds. The zero-order valence-corrected chi connectivity index (χ0v) is 16.7. The van der Waals surface area contributed by atoms with E-state index in [9.17, 15) is 9.59 Å². The number of anilines is 1. The second-order valence-corrected chi connectivity index (χ2v) is 6.82. The zero-order valence-electron chi connectivity index (χ0n) is 15.2. The van der Waals surface area contributed by atoms with Gasteiger partial charge in [-0.2, -0.15) is 0 Å². The Labute approximate surface area is 166 Å². The summed E-state index contributed by atoms with van der Waals surface area (Å²) in [6.45, 7) is 1.73. The summed E-state index contributed by atoms with van der Waals surface area (Å²) >= 11 is 3.39. The third-order valence-electron chi connectivity index (χ3n) is 4.28. The van der Waals surface area contributed by atoms with Crippen LogP contribution in [-0.4, -0.2) is 26.1 Å². The lowest BCUT2D eigenvalue weighted by atomic mass is 10.0. The standard InChI is InChI=1S/C21H18BrNO4/c1-13-19(21(25)27-3)18(12-14-5-4-6-17(11-14)26-2)20(24)23(13)16-9-7-15(22)8-10-16/h4-12H,1-3H3/b18-12-. The van der Waals surface area contributed by atoms with Gasteiger partial charge in [0.15, 0.2) is 0 Å². The Morgan fingerprint density at radius 3 is 2.44 bits per heavy atom. The summed E-state index contributed by atoms with van der Waals surface area (Å²) in [5.41, 5.74) is 2.51. The van der Waals surface area contributed by atoms with Gasteiger partial charge < -0.3 is 9.47 Å². The molecule has 1 aliphatic heterocycles. The summed E-state index contributed by atoms with van der Waals surface area (Å²) < 4.78 is 11.1. The number of halogens is 1. The molecule has 1 heterocycles. The highest BCUT2D eigenvalue weighted by Gasteiger charge is 2.37. The van der Waals surface area contributed by atoms with Gasteiger partial charge in [0, 0.05) is 15.9 Å². The molecule has 0 N–H and O–H groups in total. The van der Waals surface area contributed by atoms with Crippen LogP contribution < -0.4 is 9.64 Å². The Kier molecular flexibility index (Phi) is 5.46. The molecular formula is C21H18BrNO4. The Morgan fingerprint density at radius 1 is 1.11 bits per heavy atom. The molecule has 1 aliphatic rings. The Balaban J connectivity index is 2.12. The molecule has 0 aliphatic carbocycles. The normalized spacial score (nSPS) is 15.5. The number of esters is 1. The second kappa shape index (κ2) is 7.80. The highest BCUT2D eigenvalue weighted by atomic mass is 79.9. The number of nitrogens with zero attached hydrogens (tertiary/aromatic N) is 1. The zero-order chi connectivity index (χ0) is 19.6. The lowest BCUT2D eigenvalue weighted by Crippen LogP contribution is -2.24. The molecule has 6 heteroatoms. The van der Waals surface area contributed by atoms with E-state index in [1.807, 2.05) is 42.5 Å². The molecule has 0 spiro atoms. The topological polar surface area (TPSA) is 55.8 Å². The molecule has 0 atom stereocenters. The summed E-state index contributed by atoms with van der Waals surface area (Å²) in [6, 6.07) is 14.6. The van der Waals surface area contributed by atoms with Gasteiger partial charge in [-0.15, -0.1) is 0 Å². The number of carbonyl (C=O) groups is 2. The van der Waals surface area contributed by atoms with Crippen molar-refractivity contribution in [3.63, 3.8) is 0 Å². The summed E-state index contributed by atoms with van der Waals surface area (Å²) in [7, 11) is 2.88. The molecule has 2 aromatic carbocycles. The van der Waals surface area contributed by atoms with E-state index in [0.29, 0.717) is 17.1 Å². The van der Waals surface area contributed by atoms with Gasteiger partial charge in [0.1, 0.15) is 5.75 Å². The van der Waals surface area contributed by atoms with Crippen molar-refractivity contribution in [2.45, 2.75) is 6.92 Å². The molecule has 0 saturated carbocycles. The molecular weight excluding hydrogens is 410 g/mol. The first-order chi connectivity index (χ1) is 13.0. The van der Waals surface area contributed by atoms with Gasteiger partial charge in [-0.1, -0.05) is 28.1 Å². The monoisotopic (exact) mass is 427 g/mol. The lowest BCUT2D eigenvalue weighted by molar-refractivity contribution is -0.136. The molecule has 2 aromatic rings. The van der Waals surface area contributed by atoms with Gasteiger partial charge in [-0.25, -0.2) is 4.79 Å². The van der Waals surface area contributed by atoms with Gasteiger partial charge in [-0.05, 0) is 55.0 Å². The van der Waals surface area contributed by atoms with Crippen LogP contribution in [0, 0.1) is 0 Å². The number of allylic oxidation sites excluding steroid dienone is 1. The Hall–Kier alpha value is -2.86. The molecule has 5 nitrogen and oxygen atoms in total. The molecule has 0 unspecified atom stereocenters. The van der Waals surface area contributed by atoms with Crippen LogP contribution in [0.3, 0.4) is 0 Å². The average molecular weight is 428 g/mol. The van der Waals surface area contributed by atoms with Crippen LogP contribution >= 0.6 is 15.9 Å². The van der Waals surface area contributed by atoms with E-state index in [-0.39, 0.29) is 17.1 Å². The van der Waals surface area contributed by atoms with Gasteiger partial charge in [-0.3, -0.25) is 9.69 Å². The van der Waals surface area contributed by atoms with Gasteiger partial charge >= 0.3 is 5.97 Å². The number of hydrogen-bond acceptors (Lipinski definition) is 4. The first-order valence-corrected chi connectivity index (χ1v) is 9.01. The minimum absolute atomic E-state index is 0.258. The largest absolute Gasteiger partial charge is 0.497 e. The van der Waals surface area contributed by atoms with Gasteiger partial charge in [0.25, 0.3) is 5.91 Å². The number of benzene rings is 2. The summed E-state index contributed by atoms with van der Waals surface area (Å²) in [6.07, 6.45) is 1.68. The van der Waals surface area contributed by atoms with Crippen LogP contribution in [0.4, 0.5) is 5.69 Å². The number of carbonyl (C=O) groups excluding carboxylic acids is 2. The van der Waals surface area contributed by atoms with E-state index in [1.165, 1.54) is 12.0 Å². The van der Waals surface area contributed by atoms with Crippen LogP contribution in [-0.2, 0) is 14.3 Å². The number of hydrogen-bond donors (Lipinski definition) is 0. The van der Waals surface area contributed by atoms with Crippen LogP contribution in [0.15, 0.2) is 69.8 Å². The molecule has 0 fully saturated rings. The van der Waals surface area contributed by atoms with Crippen molar-refractivity contribution in [1.29, 1.82) is 0 Å². The van der Waals surface area contributed by atoms with Crippen molar-refractivity contribution in [2.75, 3.05) is 19.1 Å². The average Bonchev–Trinajstić information content (AvgIpc) is 2.92. The van der Waals surface area contributed by atoms with Crippen molar-refractivity contribution < 1.29 is 19.1 Å². The number of ether oxygens (including phenoxy) is 2. The first-order valence-electron chi connectivity index (χ1n) is 8.21. The maximum absolute atomic E-state index is 13.2. The molecule has 0 saturated heterocycles. The van der Waals surface area contributed by atoms with E-state index in [1.54, 1.807) is 26.2 Å². The van der Waals surface area contributed by atoms with Crippen molar-refractivity contribution >= 4 is 39.6 Å². The van der Waals surface area contributed by atoms with Crippen LogP contribution in [0.1, 0.15) is 12.5 Å². The van der Waals surface area contributed by atoms with Crippen LogP contribution in [0.5, 0.6) is 5.75 Å². The molecule has 27 heavy (non-hydrogen) atoms. The fourth-order valence-electron chi connectivity index (χ4n) is 2.98. The molecule has 3 rings (SSSR count). The molecule has 0 radical (unpaired) electrons. The summed E-state index contributed by atoms with van der Waals surface area (Å²) in [4.78, 5) is 27.1. The van der Waals surface area contributed by atoms with E-state index < -0.39 is 5.97 Å². The van der Waals surface area contributed by atoms with E-state index in [4.69, 9.17) is 9.47 Å². The maximum Gasteiger partial charge on any atom is 0.340 e. The predicted octanol–water partition coefficient (Wildman–Crippen LogP) is 4.33. The Morgan fingerprint density at radius 2 is 1.81 bits per heavy atom. The van der Waals surface area contributed by atoms with Crippen molar-refractivity contribution in [3.05, 3.63) is 75.4 Å². The second-order valence-electron chi connectivity index (χ2n) is 5.90. The highest BCUT2D eigenvalue weighted by Crippen LogP contribution is 2.36. The number of rotatable bonds is 4. The van der Waals surface area contributed by atoms with E-state index in [2.05, 4.69) is 15.9 Å². The first kappa shape index (κ1) is 18.9. The smallest absolute Gasteiger partial charge is 0.340 e. The molecule has 138 valence electrons. The van der Waals surface area contributed by atoms with Crippen molar-refractivity contribution in [3.8, 4) is 5.75 Å². The van der Waals surface area contributed by atoms with Crippen molar-refractivity contribution in [1.82, 2.24) is 0 Å². The third kappa shape index (κ3) is 3.66. The molecule has 0 bridgehead atoms. The molecule has 0 aromatic heterocycles. The predicted molar refractivity (Wildman–Crippen MR) is 107 cm³/mol. The fourth-order valence-corrected chi connectivity index (χ4v) is 3.24. The summed E-state index contributed by atoms with van der Waals surface area (Å²) in [5.74, 6) is -0.160. The Bertz CT molecular complexity index is 960. The van der Waals surface area contributed by atoms with E-state index in [0.717, 1.165) is 10.0 Å². The van der Waals surface area contributed by atoms with Gasteiger partial charge in [0.2, 0.25) is 0 Å². The van der Waals surface area contributed by atoms with Crippen LogP contribution in [0.25, 0.3) is 6.08 Å².